The van der Waals surface area contributed by atoms with Gasteiger partial charge in [0.15, 0.2) is 0 Å². The van der Waals surface area contributed by atoms with E-state index in [0.717, 1.165) is 6.42 Å². The van der Waals surface area contributed by atoms with Crippen molar-refractivity contribution in [2.24, 2.45) is 5.92 Å². The van der Waals surface area contributed by atoms with E-state index >= 15 is 0 Å². The number of rotatable bonds is 7. The zero-order valence-electron chi connectivity index (χ0n) is 11.8. The van der Waals surface area contributed by atoms with Gasteiger partial charge in [0, 0.05) is 6.61 Å². The van der Waals surface area contributed by atoms with Crippen LogP contribution in [0.15, 0.2) is 0 Å². The molecule has 1 aliphatic heterocycles. The van der Waals surface area contributed by atoms with Crippen molar-refractivity contribution in [2.75, 3.05) is 13.2 Å². The van der Waals surface area contributed by atoms with E-state index in [0.29, 0.717) is 13.0 Å². The van der Waals surface area contributed by atoms with Gasteiger partial charge in [-0.1, -0.05) is 6.92 Å². The van der Waals surface area contributed by atoms with Crippen molar-refractivity contribution in [3.63, 3.8) is 0 Å². The molecule has 3 atom stereocenters. The molecule has 0 bridgehead atoms. The van der Waals surface area contributed by atoms with E-state index in [9.17, 15) is 14.4 Å². The third-order valence-electron chi connectivity index (χ3n) is 3.11. The van der Waals surface area contributed by atoms with Gasteiger partial charge in [0.25, 0.3) is 0 Å². The first kappa shape index (κ1) is 16.4. The number of carboxylic acid groups (broad SMARTS) is 1. The summed E-state index contributed by atoms with van der Waals surface area (Å²) < 4.78 is 10.0. The number of hydrogen-bond acceptors (Lipinski definition) is 5. The van der Waals surface area contributed by atoms with Gasteiger partial charge >= 0.3 is 11.9 Å². The van der Waals surface area contributed by atoms with E-state index in [1.54, 1.807) is 13.8 Å². The monoisotopic (exact) mass is 287 g/mol. The van der Waals surface area contributed by atoms with Gasteiger partial charge in [0.2, 0.25) is 5.91 Å². The van der Waals surface area contributed by atoms with E-state index in [2.05, 4.69) is 5.32 Å². The first-order valence-corrected chi connectivity index (χ1v) is 6.77. The molecule has 1 rings (SSSR count). The second-order valence-electron chi connectivity index (χ2n) is 4.79. The molecule has 2 N–H and O–H groups in total. The summed E-state index contributed by atoms with van der Waals surface area (Å²) in [5.41, 5.74) is 0. The molecule has 0 unspecified atom stereocenters. The van der Waals surface area contributed by atoms with Crippen molar-refractivity contribution >= 4 is 17.8 Å². The van der Waals surface area contributed by atoms with Gasteiger partial charge in [-0.15, -0.1) is 0 Å². The number of nitrogens with one attached hydrogen (secondary N) is 1. The summed E-state index contributed by atoms with van der Waals surface area (Å²) in [4.78, 5) is 34.5. The Morgan fingerprint density at radius 3 is 2.65 bits per heavy atom. The van der Waals surface area contributed by atoms with Crippen LogP contribution >= 0.6 is 0 Å². The highest BCUT2D eigenvalue weighted by molar-refractivity contribution is 5.86. The summed E-state index contributed by atoms with van der Waals surface area (Å²) >= 11 is 0. The molecule has 7 heteroatoms. The maximum atomic E-state index is 11.8. The van der Waals surface area contributed by atoms with E-state index in [4.69, 9.17) is 14.6 Å². The van der Waals surface area contributed by atoms with E-state index < -0.39 is 35.9 Å². The number of carbonyl (C=O) groups is 3. The topological polar surface area (TPSA) is 102 Å². The average molecular weight is 287 g/mol. The number of esters is 1. The number of carboxylic acids is 1. The van der Waals surface area contributed by atoms with Gasteiger partial charge < -0.3 is 19.9 Å². The first-order valence-electron chi connectivity index (χ1n) is 6.77. The maximum absolute atomic E-state index is 11.8. The molecule has 1 heterocycles. The molecule has 0 radical (unpaired) electrons. The Kier molecular flexibility index (Phi) is 6.44. The first-order chi connectivity index (χ1) is 9.45. The van der Waals surface area contributed by atoms with Crippen molar-refractivity contribution in [2.45, 2.75) is 45.3 Å². The molecular weight excluding hydrogens is 266 g/mol. The van der Waals surface area contributed by atoms with Crippen LogP contribution in [0.1, 0.15) is 33.1 Å². The SMILES string of the molecule is CCOC(=O)[C@H](C)C[C@@H](NC(=O)[C@H]1CCCO1)C(=O)O. The normalized spacial score (nSPS) is 21.0. The molecule has 1 saturated heterocycles. The Bertz CT molecular complexity index is 364. The lowest BCUT2D eigenvalue weighted by atomic mass is 10.0. The Hall–Kier alpha value is -1.63. The van der Waals surface area contributed by atoms with Gasteiger partial charge in [-0.25, -0.2) is 4.79 Å². The van der Waals surface area contributed by atoms with Crippen molar-refractivity contribution in [3.05, 3.63) is 0 Å². The van der Waals surface area contributed by atoms with Gasteiger partial charge in [0.05, 0.1) is 12.5 Å². The highest BCUT2D eigenvalue weighted by atomic mass is 16.5. The Morgan fingerprint density at radius 1 is 1.45 bits per heavy atom. The zero-order valence-corrected chi connectivity index (χ0v) is 11.8. The molecule has 0 aromatic rings. The van der Waals surface area contributed by atoms with Crippen molar-refractivity contribution in [1.29, 1.82) is 0 Å². The summed E-state index contributed by atoms with van der Waals surface area (Å²) in [5.74, 6) is -2.68. The zero-order chi connectivity index (χ0) is 15.1. The van der Waals surface area contributed by atoms with Crippen molar-refractivity contribution < 1.29 is 29.0 Å². The Balaban J connectivity index is 2.53. The van der Waals surface area contributed by atoms with Crippen LogP contribution in [0.3, 0.4) is 0 Å². The average Bonchev–Trinajstić information content (AvgIpc) is 2.91. The van der Waals surface area contributed by atoms with Crippen LogP contribution in [0.5, 0.6) is 0 Å². The third kappa shape index (κ3) is 4.80. The van der Waals surface area contributed by atoms with E-state index in [1.807, 2.05) is 0 Å². The van der Waals surface area contributed by atoms with Crippen LogP contribution in [0.2, 0.25) is 0 Å². The highest BCUT2D eigenvalue weighted by Gasteiger charge is 2.30. The molecule has 1 fully saturated rings. The van der Waals surface area contributed by atoms with Crippen LogP contribution in [0.4, 0.5) is 0 Å². The number of carbonyl (C=O) groups excluding carboxylic acids is 2. The quantitative estimate of drug-likeness (QED) is 0.654. The highest BCUT2D eigenvalue weighted by Crippen LogP contribution is 2.14. The van der Waals surface area contributed by atoms with Gasteiger partial charge in [0.1, 0.15) is 12.1 Å². The van der Waals surface area contributed by atoms with E-state index in [1.165, 1.54) is 0 Å². The second kappa shape index (κ2) is 7.84. The fourth-order valence-corrected chi connectivity index (χ4v) is 2.00. The Labute approximate surface area is 117 Å². The third-order valence-corrected chi connectivity index (χ3v) is 3.11. The Morgan fingerprint density at radius 2 is 2.15 bits per heavy atom. The largest absolute Gasteiger partial charge is 0.480 e. The fraction of sp³-hybridized carbons (Fsp3) is 0.769. The van der Waals surface area contributed by atoms with Crippen molar-refractivity contribution in [1.82, 2.24) is 5.32 Å². The van der Waals surface area contributed by atoms with Crippen LogP contribution in [0.25, 0.3) is 0 Å². The summed E-state index contributed by atoms with van der Waals surface area (Å²) in [6.45, 7) is 4.00. The van der Waals surface area contributed by atoms with Crippen LogP contribution in [0, 0.1) is 5.92 Å². The molecule has 114 valence electrons. The molecule has 7 nitrogen and oxygen atoms in total. The number of hydrogen-bond donors (Lipinski definition) is 2. The summed E-state index contributed by atoms with van der Waals surface area (Å²) in [6.07, 6.45) is 0.780. The molecule has 20 heavy (non-hydrogen) atoms. The summed E-state index contributed by atoms with van der Waals surface area (Å²) in [6, 6.07) is -1.12. The minimum atomic E-state index is -1.17. The molecule has 1 aliphatic rings. The predicted molar refractivity (Wildman–Crippen MR) is 69.0 cm³/mol. The van der Waals surface area contributed by atoms with Gasteiger partial charge in [-0.05, 0) is 26.2 Å². The maximum Gasteiger partial charge on any atom is 0.326 e. The lowest BCUT2D eigenvalue weighted by Crippen LogP contribution is -2.46. The minimum absolute atomic E-state index is 0.00731. The van der Waals surface area contributed by atoms with Crippen LogP contribution in [-0.4, -0.2) is 48.3 Å². The molecule has 0 aliphatic carbocycles. The number of aliphatic carboxylic acids is 1. The second-order valence-corrected chi connectivity index (χ2v) is 4.79. The number of amides is 1. The predicted octanol–water partition coefficient (Wildman–Crippen LogP) is 0.324. The lowest BCUT2D eigenvalue weighted by Gasteiger charge is -2.19. The minimum Gasteiger partial charge on any atom is -0.480 e. The number of ether oxygens (including phenoxy) is 2. The van der Waals surface area contributed by atoms with Crippen LogP contribution in [-0.2, 0) is 23.9 Å². The van der Waals surface area contributed by atoms with Gasteiger partial charge in [-0.3, -0.25) is 9.59 Å². The lowest BCUT2D eigenvalue weighted by molar-refractivity contribution is -0.150. The molecule has 0 spiro atoms. The van der Waals surface area contributed by atoms with Gasteiger partial charge in [-0.2, -0.15) is 0 Å². The molecule has 0 saturated carbocycles. The van der Waals surface area contributed by atoms with Crippen LogP contribution < -0.4 is 5.32 Å². The fourth-order valence-electron chi connectivity index (χ4n) is 2.00. The molecule has 1 amide bonds. The molecule has 0 aromatic carbocycles. The summed E-state index contributed by atoms with van der Waals surface area (Å²) in [7, 11) is 0. The molecular formula is C13H21NO6. The summed E-state index contributed by atoms with van der Waals surface area (Å²) in [5, 5.41) is 11.5. The van der Waals surface area contributed by atoms with Crippen molar-refractivity contribution in [3.8, 4) is 0 Å². The standard InChI is InChI=1S/C13H21NO6/c1-3-19-13(18)8(2)7-9(12(16)17)14-11(15)10-5-4-6-20-10/h8-10H,3-7H2,1-2H3,(H,14,15)(H,16,17)/t8-,9-,10-/m1/s1. The van der Waals surface area contributed by atoms with E-state index in [-0.39, 0.29) is 13.0 Å². The smallest absolute Gasteiger partial charge is 0.326 e. The molecule has 0 aromatic heterocycles.